The van der Waals surface area contributed by atoms with Crippen LogP contribution >= 0.6 is 22.7 Å². The highest BCUT2D eigenvalue weighted by Crippen LogP contribution is 2.46. The fraction of sp³-hybridized carbons (Fsp3) is 0. The third-order valence-electron chi connectivity index (χ3n) is 11.1. The number of fused-ring (bicyclic) bond motifs is 9. The zero-order chi connectivity index (χ0) is 37.5. The van der Waals surface area contributed by atoms with Gasteiger partial charge in [-0.1, -0.05) is 133 Å². The first-order chi connectivity index (χ1) is 28.3. The quantitative estimate of drug-likeness (QED) is 0.175. The van der Waals surface area contributed by atoms with Crippen LogP contribution in [-0.4, -0.2) is 19.5 Å². The number of thiophene rings is 2. The SMILES string of the molecule is c1ccc(-c2nc(-c3ccccc3)nc(-c3cccc4c3sc3cccc(-c5ccc6sc7cccc(-n8c9ccccc9c9ccccc98)c7c6c5)c34)n2)cc1. The smallest absolute Gasteiger partial charge is 0.165 e. The molecule has 12 aromatic rings. The van der Waals surface area contributed by atoms with E-state index in [1.54, 1.807) is 11.3 Å². The summed E-state index contributed by atoms with van der Waals surface area (Å²) in [7, 11) is 0. The normalized spacial score (nSPS) is 11.9. The van der Waals surface area contributed by atoms with E-state index in [4.69, 9.17) is 15.0 Å². The highest BCUT2D eigenvalue weighted by Gasteiger charge is 2.20. The molecule has 6 heteroatoms. The van der Waals surface area contributed by atoms with Crippen molar-refractivity contribution in [3.8, 4) is 51.0 Å². The lowest BCUT2D eigenvalue weighted by Gasteiger charge is -2.11. The molecule has 4 nitrogen and oxygen atoms in total. The molecule has 0 N–H and O–H groups in total. The third-order valence-corrected chi connectivity index (χ3v) is 13.4. The van der Waals surface area contributed by atoms with Crippen LogP contribution in [0.3, 0.4) is 0 Å². The molecule has 0 aliphatic rings. The molecule has 4 heterocycles. The Labute approximate surface area is 335 Å². The van der Waals surface area contributed by atoms with Gasteiger partial charge in [-0.25, -0.2) is 15.0 Å². The lowest BCUT2D eigenvalue weighted by atomic mass is 9.97. The summed E-state index contributed by atoms with van der Waals surface area (Å²) in [5, 5.41) is 7.55. The Morgan fingerprint density at radius 3 is 1.61 bits per heavy atom. The lowest BCUT2D eigenvalue weighted by molar-refractivity contribution is 1.08. The minimum absolute atomic E-state index is 0.662. The molecule has 12 rings (SSSR count). The number of para-hydroxylation sites is 2. The molecule has 0 fully saturated rings. The van der Waals surface area contributed by atoms with Crippen LogP contribution < -0.4 is 0 Å². The second-order valence-corrected chi connectivity index (χ2v) is 16.5. The van der Waals surface area contributed by atoms with Gasteiger partial charge in [0.05, 0.1) is 16.7 Å². The molecule has 0 amide bonds. The summed E-state index contributed by atoms with van der Waals surface area (Å²) >= 11 is 3.67. The van der Waals surface area contributed by atoms with Gasteiger partial charge in [-0.2, -0.15) is 0 Å². The van der Waals surface area contributed by atoms with Crippen LogP contribution in [0.1, 0.15) is 0 Å². The number of hydrogen-bond donors (Lipinski definition) is 0. The van der Waals surface area contributed by atoms with E-state index in [1.165, 1.54) is 79.0 Å². The van der Waals surface area contributed by atoms with Crippen LogP contribution in [0.4, 0.5) is 0 Å². The van der Waals surface area contributed by atoms with Gasteiger partial charge in [-0.3, -0.25) is 0 Å². The number of benzene rings is 8. The molecule has 0 aliphatic heterocycles. The number of nitrogens with zero attached hydrogens (tertiary/aromatic N) is 4. The standard InChI is InChI=1S/C51H30N4S2/c1-3-14-31(15-4-1)49-52-50(32-16-5-2-6-17-32)54-51(53-49)38-22-11-21-37-46-34(20-12-26-44(46)57-48(37)38)33-28-29-43-39(30-33)47-42(25-13-27-45(47)56-43)55-40-23-9-7-18-35(40)36-19-8-10-24-41(36)55/h1-30H. The van der Waals surface area contributed by atoms with E-state index in [1.807, 2.05) is 47.7 Å². The van der Waals surface area contributed by atoms with Crippen molar-refractivity contribution >= 4 is 84.8 Å². The van der Waals surface area contributed by atoms with Crippen molar-refractivity contribution in [2.45, 2.75) is 0 Å². The topological polar surface area (TPSA) is 43.6 Å². The molecular weight excluding hydrogens is 733 g/mol. The average Bonchev–Trinajstić information content (AvgIpc) is 3.96. The second-order valence-electron chi connectivity index (χ2n) is 14.3. The molecule has 0 saturated heterocycles. The molecule has 8 aromatic carbocycles. The summed E-state index contributed by atoms with van der Waals surface area (Å²) in [5.74, 6) is 2.00. The Morgan fingerprint density at radius 2 is 0.912 bits per heavy atom. The van der Waals surface area contributed by atoms with Crippen molar-refractivity contribution in [1.82, 2.24) is 19.5 Å². The summed E-state index contributed by atoms with van der Waals surface area (Å²) < 4.78 is 7.42. The van der Waals surface area contributed by atoms with E-state index in [9.17, 15) is 0 Å². The fourth-order valence-electron chi connectivity index (χ4n) is 8.54. The van der Waals surface area contributed by atoms with Crippen LogP contribution in [0, 0.1) is 0 Å². The Kier molecular flexibility index (Phi) is 7.24. The van der Waals surface area contributed by atoms with Crippen LogP contribution in [0.2, 0.25) is 0 Å². The minimum Gasteiger partial charge on any atom is -0.309 e. The number of aromatic nitrogens is 4. The van der Waals surface area contributed by atoms with Crippen LogP contribution in [-0.2, 0) is 0 Å². The molecule has 0 atom stereocenters. The molecular formula is C51H30N4S2. The lowest BCUT2D eigenvalue weighted by Crippen LogP contribution is -2.00. The van der Waals surface area contributed by atoms with Crippen molar-refractivity contribution in [3.05, 3.63) is 182 Å². The monoisotopic (exact) mass is 762 g/mol. The van der Waals surface area contributed by atoms with E-state index in [2.05, 4.69) is 150 Å². The second kappa shape index (κ2) is 12.8. The van der Waals surface area contributed by atoms with Crippen molar-refractivity contribution in [3.63, 3.8) is 0 Å². The first kappa shape index (κ1) is 32.3. The Balaban J connectivity index is 1.06. The Morgan fingerprint density at radius 1 is 0.351 bits per heavy atom. The van der Waals surface area contributed by atoms with Gasteiger partial charge < -0.3 is 4.57 Å². The van der Waals surface area contributed by atoms with Crippen molar-refractivity contribution in [1.29, 1.82) is 0 Å². The van der Waals surface area contributed by atoms with Crippen molar-refractivity contribution in [2.75, 3.05) is 0 Å². The predicted molar refractivity (Wildman–Crippen MR) is 242 cm³/mol. The van der Waals surface area contributed by atoms with Crippen LogP contribution in [0.15, 0.2) is 182 Å². The summed E-state index contributed by atoms with van der Waals surface area (Å²) in [6.07, 6.45) is 0. The van der Waals surface area contributed by atoms with Gasteiger partial charge in [0.2, 0.25) is 0 Å². The average molecular weight is 763 g/mol. The maximum absolute atomic E-state index is 5.11. The molecule has 57 heavy (non-hydrogen) atoms. The zero-order valence-corrected chi connectivity index (χ0v) is 32.1. The third kappa shape index (κ3) is 5.08. The number of rotatable bonds is 5. The van der Waals surface area contributed by atoms with Crippen molar-refractivity contribution < 1.29 is 0 Å². The first-order valence-corrected chi connectivity index (χ1v) is 20.7. The Bertz CT molecular complexity index is 3410. The maximum atomic E-state index is 5.11. The van der Waals surface area contributed by atoms with Gasteiger partial charge in [0.25, 0.3) is 0 Å². The van der Waals surface area contributed by atoms with Gasteiger partial charge in [-0.05, 0) is 59.7 Å². The molecule has 0 saturated carbocycles. The molecule has 0 unspecified atom stereocenters. The highest BCUT2D eigenvalue weighted by atomic mass is 32.1. The van der Waals surface area contributed by atoms with Gasteiger partial charge >= 0.3 is 0 Å². The van der Waals surface area contributed by atoms with E-state index < -0.39 is 0 Å². The van der Waals surface area contributed by atoms with Crippen LogP contribution in [0.5, 0.6) is 0 Å². The highest BCUT2D eigenvalue weighted by molar-refractivity contribution is 7.26. The molecule has 0 spiro atoms. The molecule has 266 valence electrons. The van der Waals surface area contributed by atoms with Gasteiger partial charge in [-0.15, -0.1) is 22.7 Å². The van der Waals surface area contributed by atoms with E-state index >= 15 is 0 Å². The summed E-state index contributed by atoms with van der Waals surface area (Å²) in [6.45, 7) is 0. The van der Waals surface area contributed by atoms with E-state index in [-0.39, 0.29) is 0 Å². The van der Waals surface area contributed by atoms with Gasteiger partial charge in [0.15, 0.2) is 17.5 Å². The Hall–Kier alpha value is -6.99. The molecule has 4 aromatic heterocycles. The number of hydrogen-bond acceptors (Lipinski definition) is 5. The van der Waals surface area contributed by atoms with Crippen LogP contribution in [0.25, 0.3) is 113 Å². The summed E-state index contributed by atoms with van der Waals surface area (Å²) in [6, 6.07) is 64.9. The van der Waals surface area contributed by atoms with E-state index in [0.717, 1.165) is 16.7 Å². The fourth-order valence-corrected chi connectivity index (χ4v) is 10.9. The molecule has 0 bridgehead atoms. The van der Waals surface area contributed by atoms with E-state index in [0.29, 0.717) is 17.5 Å². The zero-order valence-electron chi connectivity index (χ0n) is 30.4. The maximum Gasteiger partial charge on any atom is 0.165 e. The predicted octanol–water partition coefficient (Wildman–Crippen LogP) is 14.4. The van der Waals surface area contributed by atoms with Gasteiger partial charge in [0.1, 0.15) is 0 Å². The summed E-state index contributed by atoms with van der Waals surface area (Å²) in [4.78, 5) is 15.2. The van der Waals surface area contributed by atoms with Gasteiger partial charge in [0, 0.05) is 67.8 Å². The largest absolute Gasteiger partial charge is 0.309 e. The molecule has 0 aliphatic carbocycles. The van der Waals surface area contributed by atoms with Crippen molar-refractivity contribution in [2.24, 2.45) is 0 Å². The first-order valence-electron chi connectivity index (χ1n) is 19.0. The summed E-state index contributed by atoms with van der Waals surface area (Å²) in [5.41, 5.74) is 8.99. The molecule has 0 radical (unpaired) electrons. The minimum atomic E-state index is 0.662.